The molecule has 2 aromatic carbocycles. The van der Waals surface area contributed by atoms with Gasteiger partial charge in [-0.1, -0.05) is 30.1 Å². The number of rotatable bonds is 11. The molecule has 2 fully saturated rings. The number of unbranched alkanes of at least 4 members (excludes halogenated alkanes) is 2. The number of nitrogens with zero attached hydrogens (tertiary/aromatic N) is 1. The number of phenolic OH excluding ortho intramolecular Hbond substituents is 1. The number of hydrogen-bond acceptors (Lipinski definition) is 11. The van der Waals surface area contributed by atoms with E-state index in [1.807, 2.05) is 0 Å². The number of carbonyl (C=O) groups is 5. The van der Waals surface area contributed by atoms with E-state index < -0.39 is 52.2 Å². The number of amides is 3. The zero-order chi connectivity index (χ0) is 36.6. The third kappa shape index (κ3) is 4.40. The minimum absolute atomic E-state index is 0.0468. The second-order valence-electron chi connectivity index (χ2n) is 13.7. The minimum atomic E-state index is -1.42. The maximum atomic E-state index is 14.2. The largest absolute Gasteiger partial charge is 0.507 e. The second-order valence-corrected chi connectivity index (χ2v) is 13.7. The van der Waals surface area contributed by atoms with Gasteiger partial charge < -0.3 is 36.0 Å². The molecule has 2 aromatic rings. The van der Waals surface area contributed by atoms with E-state index in [1.165, 1.54) is 48.3 Å². The molecule has 0 aromatic heterocycles. The molecule has 1 saturated heterocycles. The number of epoxide rings is 1. The van der Waals surface area contributed by atoms with E-state index in [0.717, 1.165) is 0 Å². The lowest BCUT2D eigenvalue weighted by Gasteiger charge is -2.56. The van der Waals surface area contributed by atoms with E-state index >= 15 is 0 Å². The van der Waals surface area contributed by atoms with Crippen molar-refractivity contribution in [3.8, 4) is 29.4 Å². The number of hydrogen-bond donors (Lipinski definition) is 6. The Kier molecular flexibility index (Phi) is 7.66. The van der Waals surface area contributed by atoms with E-state index in [-0.39, 0.29) is 51.2 Å². The number of benzene rings is 2. The highest BCUT2D eigenvalue weighted by Gasteiger charge is 2.99. The van der Waals surface area contributed by atoms with Gasteiger partial charge in [-0.05, 0) is 56.2 Å². The first kappa shape index (κ1) is 33.4. The fraction of sp³-hybridized carbons (Fsp3) is 0.359. The van der Waals surface area contributed by atoms with Crippen molar-refractivity contribution in [2.45, 2.75) is 62.1 Å². The first-order valence-corrected chi connectivity index (χ1v) is 17.2. The van der Waals surface area contributed by atoms with Crippen LogP contribution in [0.1, 0.15) is 70.0 Å². The molecular weight excluding hydrogens is 668 g/mol. The van der Waals surface area contributed by atoms with Crippen molar-refractivity contribution < 1.29 is 44.0 Å². The highest BCUT2D eigenvalue weighted by molar-refractivity contribution is 6.31. The van der Waals surface area contributed by atoms with Gasteiger partial charge >= 0.3 is 0 Å². The Balaban J connectivity index is 0.949. The Morgan fingerprint density at radius 3 is 2.52 bits per heavy atom. The molecule has 52 heavy (non-hydrogen) atoms. The molecule has 8 rings (SSSR count). The van der Waals surface area contributed by atoms with Crippen molar-refractivity contribution >= 4 is 40.7 Å². The van der Waals surface area contributed by atoms with Gasteiger partial charge in [-0.2, -0.15) is 0 Å². The monoisotopic (exact) mass is 702 g/mol. The van der Waals surface area contributed by atoms with Crippen LogP contribution in [-0.2, 0) is 24.7 Å². The Labute approximate surface area is 298 Å². The molecule has 264 valence electrons. The van der Waals surface area contributed by atoms with Crippen molar-refractivity contribution in [2.24, 2.45) is 5.41 Å². The van der Waals surface area contributed by atoms with Crippen LogP contribution < -0.4 is 16.0 Å². The molecule has 1 spiro atoms. The molecule has 0 radical (unpaired) electrons. The molecule has 1 unspecified atom stereocenters. The van der Waals surface area contributed by atoms with Crippen LogP contribution in [0.15, 0.2) is 48.6 Å². The molecule has 3 aliphatic heterocycles. The summed E-state index contributed by atoms with van der Waals surface area (Å²) in [7, 11) is 0. The van der Waals surface area contributed by atoms with Crippen LogP contribution in [-0.4, -0.2) is 93.0 Å². The molecule has 3 aliphatic carbocycles. The van der Waals surface area contributed by atoms with Crippen LogP contribution >= 0.6 is 0 Å². The molecule has 6 atom stereocenters. The number of ketones is 2. The van der Waals surface area contributed by atoms with E-state index in [0.29, 0.717) is 51.0 Å². The highest BCUT2D eigenvalue weighted by atomic mass is 16.7. The number of imide groups is 1. The number of aromatic hydroxyl groups is 1. The van der Waals surface area contributed by atoms with Gasteiger partial charge in [0.15, 0.2) is 22.8 Å². The molecule has 13 heteroatoms. The van der Waals surface area contributed by atoms with Crippen LogP contribution in [0.5, 0.6) is 5.75 Å². The predicted octanol–water partition coefficient (Wildman–Crippen LogP) is 1.26. The fourth-order valence-corrected chi connectivity index (χ4v) is 8.56. The maximum absolute atomic E-state index is 14.2. The summed E-state index contributed by atoms with van der Waals surface area (Å²) in [6.45, 7) is 2.48. The minimum Gasteiger partial charge on any atom is -0.507 e. The Bertz CT molecular complexity index is 2180. The third-order valence-corrected chi connectivity index (χ3v) is 11.0. The Hall–Kier alpha value is -5.73. The molecule has 3 amide bonds. The number of allylic oxidation sites excluding steroid dienone is 2. The summed E-state index contributed by atoms with van der Waals surface area (Å²) >= 11 is 0. The summed E-state index contributed by atoms with van der Waals surface area (Å²) in [6, 6.07) is 5.23. The van der Waals surface area contributed by atoms with Crippen molar-refractivity contribution in [1.29, 1.82) is 0 Å². The first-order chi connectivity index (χ1) is 25.0. The molecule has 6 N–H and O–H groups in total. The van der Waals surface area contributed by atoms with Gasteiger partial charge in [0.2, 0.25) is 5.91 Å². The van der Waals surface area contributed by atoms with Crippen molar-refractivity contribution in [3.63, 3.8) is 0 Å². The topological polar surface area (TPSA) is 198 Å². The van der Waals surface area contributed by atoms with Gasteiger partial charge in [-0.3, -0.25) is 28.9 Å². The lowest BCUT2D eigenvalue weighted by atomic mass is 9.45. The van der Waals surface area contributed by atoms with Crippen molar-refractivity contribution in [1.82, 2.24) is 10.2 Å². The summed E-state index contributed by atoms with van der Waals surface area (Å²) in [5.41, 5.74) is -3.05. The summed E-state index contributed by atoms with van der Waals surface area (Å²) in [5, 5.41) is 43.2. The van der Waals surface area contributed by atoms with Gasteiger partial charge in [0.1, 0.15) is 23.3 Å². The number of phenols is 1. The zero-order valence-electron chi connectivity index (χ0n) is 28.0. The molecule has 13 nitrogen and oxygen atoms in total. The van der Waals surface area contributed by atoms with Gasteiger partial charge in [0, 0.05) is 60.6 Å². The summed E-state index contributed by atoms with van der Waals surface area (Å²) in [5.74, 6) is 9.56. The van der Waals surface area contributed by atoms with Gasteiger partial charge in [0.25, 0.3) is 11.8 Å². The Morgan fingerprint density at radius 2 is 1.75 bits per heavy atom. The summed E-state index contributed by atoms with van der Waals surface area (Å²) < 4.78 is 6.36. The maximum Gasteiger partial charge on any atom is 0.253 e. The van der Waals surface area contributed by atoms with Crippen LogP contribution in [0.3, 0.4) is 0 Å². The fourth-order valence-electron chi connectivity index (χ4n) is 8.56. The standard InChI is InChI=1S/C39H34N4O9/c1-21(44)37-15-7-3-2-5-9-27-39(37)38(52-39,36(37)51)25-20-26(45)31-32(33(25)42-27)34(49)23-12-11-22(19-24(23)35(31)50)40-16-17-41-28(46)10-6-4-8-18-43-29(47)13-14-30(43)48/h2-3,11-14,19-21,27,36,40,42,44-45,51H,4,6,8,10,16-18H2,1H3,(H,41,46)/b3-2-/t21-,27+,36-,37?,38+,39-/m1/s1. The smallest absolute Gasteiger partial charge is 0.253 e. The number of fused-ring (bicyclic) bond motifs is 4. The van der Waals surface area contributed by atoms with E-state index in [4.69, 9.17) is 4.74 Å². The lowest BCUT2D eigenvalue weighted by Crippen LogP contribution is -2.75. The van der Waals surface area contributed by atoms with E-state index in [9.17, 15) is 39.3 Å². The highest BCUT2D eigenvalue weighted by Crippen LogP contribution is 2.82. The SMILES string of the molecule is C[C@@H](O)C12C#C/C=C\C#C[C@@H]3Nc4c(cc(O)c5c4C(=O)c4ccc(NCCNC(=O)CCCCCN6C(=O)C=CC6=O)cc4C5=O)[C@]4(O[C@]314)[C@@H]2O. The lowest BCUT2D eigenvalue weighted by molar-refractivity contribution is -0.137. The number of anilines is 2. The average molecular weight is 703 g/mol. The van der Waals surface area contributed by atoms with E-state index in [1.54, 1.807) is 12.1 Å². The van der Waals surface area contributed by atoms with Gasteiger partial charge in [-0.25, -0.2) is 0 Å². The van der Waals surface area contributed by atoms with Crippen LogP contribution in [0, 0.1) is 29.1 Å². The second kappa shape index (κ2) is 11.9. The quantitative estimate of drug-likeness (QED) is 0.0553. The number of aliphatic hydroxyl groups excluding tert-OH is 2. The van der Waals surface area contributed by atoms with Crippen LogP contribution in [0.4, 0.5) is 11.4 Å². The van der Waals surface area contributed by atoms with Crippen molar-refractivity contribution in [3.05, 3.63) is 76.4 Å². The molecule has 3 heterocycles. The molecule has 0 bridgehead atoms. The molecular formula is C39H34N4O9. The predicted molar refractivity (Wildman–Crippen MR) is 185 cm³/mol. The van der Waals surface area contributed by atoms with E-state index in [2.05, 4.69) is 39.6 Å². The normalized spacial score (nSPS) is 29.0. The van der Waals surface area contributed by atoms with Crippen molar-refractivity contribution in [2.75, 3.05) is 30.3 Å². The zero-order valence-corrected chi connectivity index (χ0v) is 28.0. The number of carbonyl (C=O) groups excluding carboxylic acids is 5. The van der Waals surface area contributed by atoms with Crippen LogP contribution in [0.25, 0.3) is 0 Å². The average Bonchev–Trinajstić information content (AvgIpc) is 3.67. The summed E-state index contributed by atoms with van der Waals surface area (Å²) in [4.78, 5) is 64.8. The van der Waals surface area contributed by atoms with Crippen LogP contribution in [0.2, 0.25) is 0 Å². The number of aliphatic hydroxyl groups is 2. The Morgan fingerprint density at radius 1 is 1.00 bits per heavy atom. The van der Waals surface area contributed by atoms with Gasteiger partial charge in [0.05, 0.1) is 22.9 Å². The summed E-state index contributed by atoms with van der Waals surface area (Å²) in [6.07, 6.45) is 5.32. The number of nitrogens with one attached hydrogen (secondary N) is 3. The molecule has 6 aliphatic rings. The molecule has 1 saturated carbocycles. The number of ether oxygens (including phenoxy) is 1. The third-order valence-electron chi connectivity index (χ3n) is 11.0. The first-order valence-electron chi connectivity index (χ1n) is 17.2. The van der Waals surface area contributed by atoms with Gasteiger partial charge in [-0.15, -0.1) is 0 Å².